The van der Waals surface area contributed by atoms with Gasteiger partial charge in [0.15, 0.2) is 0 Å². The summed E-state index contributed by atoms with van der Waals surface area (Å²) in [6.07, 6.45) is 9.99. The van der Waals surface area contributed by atoms with E-state index >= 15 is 0 Å². The number of likely N-dealkylation sites (N-methyl/N-ethyl adjacent to an activating group) is 1. The standard InChI is InChI=1S/C27H31NO.C22H28N2O2.H2/c1-3-9-20(4-2)22-13-14-24-19-25(16-15-23(24)18-22)27(29)28-17-8-12-26(28)21-10-6-5-7-11-21;1-4-6-15(5-2)16-7-8-18-14-19(10-9-17(18)13-16)22(26)24-12-11-20(24)21(25)23-3;/h5-7,10-11,13-16,18-20,26H,3-4,8-9,12,17H2,1-2H3;7-10,13-15,20H,4-6,11-12H2,1-3H3,(H,23,25);1H/t20?,26-;15?,20-;/m10./s1. The van der Waals surface area contributed by atoms with Crippen molar-refractivity contribution < 1.29 is 15.8 Å². The van der Waals surface area contributed by atoms with Crippen molar-refractivity contribution in [2.24, 2.45) is 0 Å². The monoisotopic (exact) mass is 739 g/mol. The van der Waals surface area contributed by atoms with Crippen LogP contribution in [0.2, 0.25) is 0 Å². The Bertz CT molecular complexity index is 2100. The van der Waals surface area contributed by atoms with E-state index in [1.807, 2.05) is 30.3 Å². The van der Waals surface area contributed by atoms with Crippen LogP contribution >= 0.6 is 0 Å². The number of hydrogen-bond donors (Lipinski definition) is 1. The van der Waals surface area contributed by atoms with Gasteiger partial charge in [-0.2, -0.15) is 0 Å². The summed E-state index contributed by atoms with van der Waals surface area (Å²) in [4.78, 5) is 41.6. The number of rotatable bonds is 12. The van der Waals surface area contributed by atoms with Crippen molar-refractivity contribution in [1.82, 2.24) is 15.1 Å². The summed E-state index contributed by atoms with van der Waals surface area (Å²) >= 11 is 0. The molecular weight excluding hydrogens is 679 g/mol. The molecule has 6 nitrogen and oxygen atoms in total. The Labute approximate surface area is 329 Å². The summed E-state index contributed by atoms with van der Waals surface area (Å²) in [5.41, 5.74) is 5.49. The topological polar surface area (TPSA) is 69.7 Å². The Kier molecular flexibility index (Phi) is 13.4. The molecule has 0 aliphatic carbocycles. The summed E-state index contributed by atoms with van der Waals surface area (Å²) < 4.78 is 0. The SMILES string of the molecule is CCCC(CC)c1ccc2cc(C(=O)N3CCC[C@@H]3c3ccccc3)ccc2c1.CCCC(CC)c1ccc2cc(C(=O)N3CC[C@H]3C(=O)NC)ccc2c1.[HH]. The molecule has 2 heterocycles. The molecule has 0 spiro atoms. The molecule has 290 valence electrons. The highest BCUT2D eigenvalue weighted by atomic mass is 16.2. The molecule has 0 radical (unpaired) electrons. The average Bonchev–Trinajstić information content (AvgIpc) is 3.71. The number of carbonyl (C=O) groups excluding carboxylic acids is 3. The minimum Gasteiger partial charge on any atom is -0.357 e. The van der Waals surface area contributed by atoms with E-state index in [0.717, 1.165) is 48.6 Å². The Morgan fingerprint density at radius 2 is 1.15 bits per heavy atom. The van der Waals surface area contributed by atoms with Gasteiger partial charge in [0, 0.05) is 32.7 Å². The van der Waals surface area contributed by atoms with Gasteiger partial charge in [0.2, 0.25) is 5.91 Å². The van der Waals surface area contributed by atoms with Crippen LogP contribution in [0, 0.1) is 0 Å². The van der Waals surface area contributed by atoms with Gasteiger partial charge < -0.3 is 15.1 Å². The van der Waals surface area contributed by atoms with Gasteiger partial charge in [-0.1, -0.05) is 119 Å². The predicted molar refractivity (Wildman–Crippen MR) is 229 cm³/mol. The molecule has 2 aliphatic rings. The van der Waals surface area contributed by atoms with Crippen LogP contribution in [-0.2, 0) is 4.79 Å². The van der Waals surface area contributed by atoms with Crippen molar-refractivity contribution in [3.05, 3.63) is 131 Å². The zero-order chi connectivity index (χ0) is 38.9. The summed E-state index contributed by atoms with van der Waals surface area (Å²) in [5, 5.41) is 7.26. The lowest BCUT2D eigenvalue weighted by Crippen LogP contribution is -2.57. The summed E-state index contributed by atoms with van der Waals surface area (Å²) in [6.45, 7) is 10.5. The molecule has 3 amide bonds. The minimum atomic E-state index is -0.329. The molecule has 55 heavy (non-hydrogen) atoms. The Balaban J connectivity index is 0.000000212. The molecule has 2 unspecified atom stereocenters. The normalized spacial score (nSPS) is 17.6. The highest BCUT2D eigenvalue weighted by molar-refractivity contribution is 6.02. The fourth-order valence-electron chi connectivity index (χ4n) is 8.65. The van der Waals surface area contributed by atoms with Crippen LogP contribution in [0.25, 0.3) is 21.5 Å². The third kappa shape index (κ3) is 8.96. The molecule has 7 rings (SSSR count). The van der Waals surface area contributed by atoms with Crippen molar-refractivity contribution in [2.75, 3.05) is 20.1 Å². The van der Waals surface area contributed by atoms with Crippen LogP contribution in [0.4, 0.5) is 0 Å². The van der Waals surface area contributed by atoms with E-state index in [-0.39, 0.29) is 31.2 Å². The zero-order valence-electron chi connectivity index (χ0n) is 33.5. The molecule has 2 aliphatic heterocycles. The highest BCUT2D eigenvalue weighted by Crippen LogP contribution is 2.34. The maximum atomic E-state index is 13.3. The first-order valence-corrected chi connectivity index (χ1v) is 20.8. The maximum absolute atomic E-state index is 13.3. The summed E-state index contributed by atoms with van der Waals surface area (Å²) in [6, 6.07) is 35.7. The number of benzene rings is 5. The van der Waals surface area contributed by atoms with Crippen LogP contribution in [0.15, 0.2) is 103 Å². The van der Waals surface area contributed by atoms with Gasteiger partial charge >= 0.3 is 0 Å². The number of hydrogen-bond acceptors (Lipinski definition) is 3. The average molecular weight is 740 g/mol. The molecule has 0 aromatic heterocycles. The molecule has 5 aromatic rings. The summed E-state index contributed by atoms with van der Waals surface area (Å²) in [7, 11) is 1.61. The van der Waals surface area contributed by atoms with E-state index in [2.05, 4.69) is 111 Å². The van der Waals surface area contributed by atoms with E-state index in [0.29, 0.717) is 23.9 Å². The molecule has 6 heteroatoms. The van der Waals surface area contributed by atoms with Crippen molar-refractivity contribution in [3.8, 4) is 0 Å². The van der Waals surface area contributed by atoms with Gasteiger partial charge in [-0.3, -0.25) is 14.4 Å². The Morgan fingerprint density at radius 3 is 1.62 bits per heavy atom. The van der Waals surface area contributed by atoms with Crippen LogP contribution < -0.4 is 5.32 Å². The van der Waals surface area contributed by atoms with Crippen molar-refractivity contribution in [1.29, 1.82) is 0 Å². The molecule has 5 aromatic carbocycles. The number of amides is 3. The second-order valence-corrected chi connectivity index (χ2v) is 15.4. The van der Waals surface area contributed by atoms with Crippen LogP contribution in [-0.4, -0.2) is 53.7 Å². The quantitative estimate of drug-likeness (QED) is 0.138. The second kappa shape index (κ2) is 18.6. The van der Waals surface area contributed by atoms with Gasteiger partial charge in [0.05, 0.1) is 6.04 Å². The molecular formula is C49H61N3O3. The summed E-state index contributed by atoms with van der Waals surface area (Å²) in [5.74, 6) is 1.23. The zero-order valence-corrected chi connectivity index (χ0v) is 33.5. The molecule has 2 fully saturated rings. The van der Waals surface area contributed by atoms with Gasteiger partial charge in [0.25, 0.3) is 11.8 Å². The predicted octanol–water partition coefficient (Wildman–Crippen LogP) is 11.5. The van der Waals surface area contributed by atoms with E-state index in [4.69, 9.17) is 0 Å². The van der Waals surface area contributed by atoms with Crippen molar-refractivity contribution in [3.63, 3.8) is 0 Å². The van der Waals surface area contributed by atoms with E-state index in [9.17, 15) is 14.4 Å². The lowest BCUT2D eigenvalue weighted by Gasteiger charge is -2.39. The van der Waals surface area contributed by atoms with Crippen LogP contribution in [0.5, 0.6) is 0 Å². The van der Waals surface area contributed by atoms with E-state index in [1.54, 1.807) is 11.9 Å². The second-order valence-electron chi connectivity index (χ2n) is 15.4. The molecule has 4 atom stereocenters. The fourth-order valence-corrected chi connectivity index (χ4v) is 8.65. The van der Waals surface area contributed by atoms with Crippen molar-refractivity contribution >= 4 is 39.3 Å². The minimum absolute atomic E-state index is 0. The Morgan fingerprint density at radius 1 is 0.636 bits per heavy atom. The van der Waals surface area contributed by atoms with Gasteiger partial charge in [-0.05, 0) is 119 Å². The maximum Gasteiger partial charge on any atom is 0.254 e. The smallest absolute Gasteiger partial charge is 0.254 e. The van der Waals surface area contributed by atoms with Crippen LogP contribution in [0.1, 0.15) is 142 Å². The number of nitrogens with zero attached hydrogens (tertiary/aromatic N) is 2. The molecule has 0 bridgehead atoms. The lowest BCUT2D eigenvalue weighted by molar-refractivity contribution is -0.128. The van der Waals surface area contributed by atoms with Gasteiger partial charge in [-0.25, -0.2) is 0 Å². The van der Waals surface area contributed by atoms with Crippen LogP contribution in [0.3, 0.4) is 0 Å². The molecule has 0 saturated carbocycles. The number of likely N-dealkylation sites (tertiary alicyclic amines) is 2. The first-order chi connectivity index (χ1) is 26.8. The van der Waals surface area contributed by atoms with E-state index < -0.39 is 0 Å². The highest BCUT2D eigenvalue weighted by Gasteiger charge is 2.37. The van der Waals surface area contributed by atoms with Gasteiger partial charge in [0.1, 0.15) is 6.04 Å². The molecule has 1 N–H and O–H groups in total. The van der Waals surface area contributed by atoms with E-state index in [1.165, 1.54) is 59.6 Å². The van der Waals surface area contributed by atoms with Gasteiger partial charge in [-0.15, -0.1) is 0 Å². The fraction of sp³-hybridized carbons (Fsp3) is 0.408. The first-order valence-electron chi connectivity index (χ1n) is 20.8. The molecule has 2 saturated heterocycles. The third-order valence-corrected chi connectivity index (χ3v) is 12.0. The van der Waals surface area contributed by atoms with Crippen molar-refractivity contribution in [2.45, 2.75) is 109 Å². The lowest BCUT2D eigenvalue weighted by atomic mass is 9.90. The number of nitrogens with one attached hydrogen (secondary N) is 1. The largest absolute Gasteiger partial charge is 0.357 e. The number of fused-ring (bicyclic) bond motifs is 2. The first kappa shape index (κ1) is 39.7. The third-order valence-electron chi connectivity index (χ3n) is 12.0. The number of carbonyl (C=O) groups is 3. The Hall–Kier alpha value is -4.97.